The zero-order valence-electron chi connectivity index (χ0n) is 12.4. The number of hydrogen-bond donors (Lipinski definition) is 1. The van der Waals surface area contributed by atoms with Gasteiger partial charge in [0.05, 0.1) is 18.7 Å². The van der Waals surface area contributed by atoms with Crippen LogP contribution in [0.5, 0.6) is 5.75 Å². The molecule has 0 radical (unpaired) electrons. The summed E-state index contributed by atoms with van der Waals surface area (Å²) >= 11 is 0. The van der Waals surface area contributed by atoms with Crippen LogP contribution in [-0.4, -0.2) is 48.4 Å². The number of morpholine rings is 1. The van der Waals surface area contributed by atoms with Crippen LogP contribution in [0.1, 0.15) is 12.8 Å². The molecule has 1 saturated carbocycles. The Morgan fingerprint density at radius 3 is 2.68 bits per heavy atom. The van der Waals surface area contributed by atoms with Crippen molar-refractivity contribution in [2.75, 3.05) is 31.2 Å². The first-order valence-electron chi connectivity index (χ1n) is 7.79. The first-order chi connectivity index (χ1) is 10.8. The second-order valence-corrected chi connectivity index (χ2v) is 5.94. The van der Waals surface area contributed by atoms with Crippen molar-refractivity contribution in [3.8, 4) is 5.75 Å². The Hall–Kier alpha value is -1.92. The van der Waals surface area contributed by atoms with Gasteiger partial charge in [0.25, 0.3) is 0 Å². The Morgan fingerprint density at radius 1 is 1.14 bits per heavy atom. The Balaban J connectivity index is 1.68. The molecule has 2 heterocycles. The molecule has 1 aliphatic carbocycles. The molecule has 1 aromatic heterocycles. The molecule has 1 saturated heterocycles. The minimum Gasteiger partial charge on any atom is -0.488 e. The van der Waals surface area contributed by atoms with E-state index in [4.69, 9.17) is 15.2 Å². The summed E-state index contributed by atoms with van der Waals surface area (Å²) in [6, 6.07) is 4.42. The van der Waals surface area contributed by atoms with Crippen LogP contribution in [0, 0.1) is 0 Å². The lowest BCUT2D eigenvalue weighted by Gasteiger charge is -2.33. The highest BCUT2D eigenvalue weighted by Gasteiger charge is 2.28. The predicted octanol–water partition coefficient (Wildman–Crippen LogP) is 1.33. The van der Waals surface area contributed by atoms with Gasteiger partial charge in [0.1, 0.15) is 17.4 Å². The van der Waals surface area contributed by atoms with Crippen LogP contribution in [0.25, 0.3) is 11.0 Å². The average molecular weight is 300 g/mol. The summed E-state index contributed by atoms with van der Waals surface area (Å²) in [6.07, 6.45) is 5.43. The van der Waals surface area contributed by atoms with Gasteiger partial charge in [-0.3, -0.25) is 4.98 Å². The Bertz CT molecular complexity index is 666. The standard InChI is InChI=1S/C16H20N4O2/c17-11-7-13(8-11)22-15-10-12(20-3-5-21-6-4-20)9-14-16(15)19-2-1-18-14/h1-2,9-11,13H,3-8,17H2. The zero-order valence-corrected chi connectivity index (χ0v) is 12.4. The fourth-order valence-corrected chi connectivity index (χ4v) is 3.00. The summed E-state index contributed by atoms with van der Waals surface area (Å²) in [5.41, 5.74) is 8.66. The molecule has 2 aromatic rings. The SMILES string of the molecule is NC1CC(Oc2cc(N3CCOCC3)cc3nccnc23)C1. The zero-order chi connectivity index (χ0) is 14.9. The van der Waals surface area contributed by atoms with Gasteiger partial charge in [-0.25, -0.2) is 4.98 Å². The van der Waals surface area contributed by atoms with Gasteiger partial charge in [0, 0.05) is 43.3 Å². The van der Waals surface area contributed by atoms with E-state index in [1.165, 1.54) is 0 Å². The Kier molecular flexibility index (Phi) is 3.56. The number of anilines is 1. The average Bonchev–Trinajstić information content (AvgIpc) is 2.54. The van der Waals surface area contributed by atoms with Crippen molar-refractivity contribution in [1.29, 1.82) is 0 Å². The minimum atomic E-state index is 0.195. The maximum Gasteiger partial charge on any atom is 0.149 e. The van der Waals surface area contributed by atoms with Gasteiger partial charge >= 0.3 is 0 Å². The molecule has 2 fully saturated rings. The van der Waals surface area contributed by atoms with Crippen molar-refractivity contribution in [3.63, 3.8) is 0 Å². The van der Waals surface area contributed by atoms with E-state index in [9.17, 15) is 0 Å². The summed E-state index contributed by atoms with van der Waals surface area (Å²) in [5, 5.41) is 0. The van der Waals surface area contributed by atoms with Gasteiger partial charge in [-0.2, -0.15) is 0 Å². The number of rotatable bonds is 3. The summed E-state index contributed by atoms with van der Waals surface area (Å²) < 4.78 is 11.6. The van der Waals surface area contributed by atoms with Crippen molar-refractivity contribution in [1.82, 2.24) is 9.97 Å². The molecule has 2 N–H and O–H groups in total. The first-order valence-corrected chi connectivity index (χ1v) is 7.79. The molecule has 0 atom stereocenters. The van der Waals surface area contributed by atoms with E-state index in [0.717, 1.165) is 61.6 Å². The van der Waals surface area contributed by atoms with E-state index in [-0.39, 0.29) is 12.1 Å². The third kappa shape index (κ3) is 2.60. The molecule has 0 unspecified atom stereocenters. The maximum atomic E-state index is 6.13. The Labute approximate surface area is 129 Å². The van der Waals surface area contributed by atoms with Crippen LogP contribution in [0.2, 0.25) is 0 Å². The van der Waals surface area contributed by atoms with E-state index >= 15 is 0 Å². The Morgan fingerprint density at radius 2 is 1.91 bits per heavy atom. The molecule has 6 nitrogen and oxygen atoms in total. The summed E-state index contributed by atoms with van der Waals surface area (Å²) in [4.78, 5) is 11.2. The smallest absolute Gasteiger partial charge is 0.149 e. The first kappa shape index (κ1) is 13.7. The third-order valence-electron chi connectivity index (χ3n) is 4.32. The van der Waals surface area contributed by atoms with Crippen LogP contribution in [0.3, 0.4) is 0 Å². The van der Waals surface area contributed by atoms with Crippen molar-refractivity contribution < 1.29 is 9.47 Å². The van der Waals surface area contributed by atoms with Crippen LogP contribution >= 0.6 is 0 Å². The molecule has 116 valence electrons. The molecule has 1 aliphatic heterocycles. The number of ether oxygens (including phenoxy) is 2. The normalized spacial score (nSPS) is 25.0. The fourth-order valence-electron chi connectivity index (χ4n) is 3.00. The third-order valence-corrected chi connectivity index (χ3v) is 4.32. The van der Waals surface area contributed by atoms with Crippen LogP contribution < -0.4 is 15.4 Å². The molecule has 22 heavy (non-hydrogen) atoms. The quantitative estimate of drug-likeness (QED) is 0.922. The van der Waals surface area contributed by atoms with Gasteiger partial charge in [-0.05, 0) is 18.9 Å². The molecular formula is C16H20N4O2. The van der Waals surface area contributed by atoms with Gasteiger partial charge in [-0.1, -0.05) is 0 Å². The second-order valence-electron chi connectivity index (χ2n) is 5.94. The van der Waals surface area contributed by atoms with E-state index in [1.54, 1.807) is 12.4 Å². The van der Waals surface area contributed by atoms with Crippen molar-refractivity contribution in [3.05, 3.63) is 24.5 Å². The van der Waals surface area contributed by atoms with Gasteiger partial charge in [0.2, 0.25) is 0 Å². The molecule has 6 heteroatoms. The number of aromatic nitrogens is 2. The highest BCUT2D eigenvalue weighted by Crippen LogP contribution is 2.33. The van der Waals surface area contributed by atoms with E-state index < -0.39 is 0 Å². The topological polar surface area (TPSA) is 73.5 Å². The van der Waals surface area contributed by atoms with Crippen LogP contribution in [0.4, 0.5) is 5.69 Å². The maximum absolute atomic E-state index is 6.13. The molecule has 4 rings (SSSR count). The molecule has 0 spiro atoms. The fraction of sp³-hybridized carbons (Fsp3) is 0.500. The van der Waals surface area contributed by atoms with Gasteiger partial charge < -0.3 is 20.1 Å². The van der Waals surface area contributed by atoms with E-state index in [2.05, 4.69) is 27.0 Å². The van der Waals surface area contributed by atoms with Crippen molar-refractivity contribution in [2.24, 2.45) is 5.73 Å². The lowest BCUT2D eigenvalue weighted by molar-refractivity contribution is 0.102. The van der Waals surface area contributed by atoms with E-state index in [1.807, 2.05) is 0 Å². The molecule has 2 aliphatic rings. The number of hydrogen-bond acceptors (Lipinski definition) is 6. The molecule has 0 amide bonds. The largest absolute Gasteiger partial charge is 0.488 e. The monoisotopic (exact) mass is 300 g/mol. The van der Waals surface area contributed by atoms with Crippen LogP contribution in [0.15, 0.2) is 24.5 Å². The highest BCUT2D eigenvalue weighted by atomic mass is 16.5. The summed E-state index contributed by atoms with van der Waals surface area (Å²) in [5.74, 6) is 0.809. The van der Waals surface area contributed by atoms with Crippen molar-refractivity contribution >= 4 is 16.7 Å². The number of benzene rings is 1. The summed E-state index contributed by atoms with van der Waals surface area (Å²) in [7, 11) is 0. The number of fused-ring (bicyclic) bond motifs is 1. The lowest BCUT2D eigenvalue weighted by atomic mass is 9.90. The van der Waals surface area contributed by atoms with E-state index in [0.29, 0.717) is 0 Å². The minimum absolute atomic E-state index is 0.195. The predicted molar refractivity (Wildman–Crippen MR) is 84.2 cm³/mol. The van der Waals surface area contributed by atoms with Gasteiger partial charge in [-0.15, -0.1) is 0 Å². The van der Waals surface area contributed by atoms with Crippen molar-refractivity contribution in [2.45, 2.75) is 25.0 Å². The molecule has 1 aromatic carbocycles. The summed E-state index contributed by atoms with van der Waals surface area (Å²) in [6.45, 7) is 3.29. The van der Waals surface area contributed by atoms with Gasteiger partial charge in [0.15, 0.2) is 0 Å². The number of nitrogens with two attached hydrogens (primary N) is 1. The van der Waals surface area contributed by atoms with Crippen LogP contribution in [-0.2, 0) is 4.74 Å². The molecular weight excluding hydrogens is 280 g/mol. The molecule has 0 bridgehead atoms. The second kappa shape index (κ2) is 5.70. The highest BCUT2D eigenvalue weighted by molar-refractivity contribution is 5.85. The number of nitrogens with zero attached hydrogens (tertiary/aromatic N) is 3. The lowest BCUT2D eigenvalue weighted by Crippen LogP contribution is -2.43.